The lowest BCUT2D eigenvalue weighted by Crippen LogP contribution is -1.96. The molecular weight excluding hydrogens is 194 g/mol. The molecule has 0 aliphatic heterocycles. The van der Waals surface area contributed by atoms with Gasteiger partial charge in [-0.1, -0.05) is 64.0 Å². The molecule has 16 heavy (non-hydrogen) atoms. The lowest BCUT2D eigenvalue weighted by Gasteiger charge is -1.99. The van der Waals surface area contributed by atoms with Gasteiger partial charge in [-0.05, 0) is 32.2 Å². The van der Waals surface area contributed by atoms with Crippen LogP contribution in [-0.2, 0) is 0 Å². The van der Waals surface area contributed by atoms with Crippen LogP contribution in [0.25, 0.3) is 0 Å². The first-order valence-electron chi connectivity index (χ1n) is 7.27. The molecule has 0 heterocycles. The van der Waals surface area contributed by atoms with Gasteiger partial charge in [-0.15, -0.1) is 0 Å². The highest BCUT2D eigenvalue weighted by atomic mass is 14.5. The molecule has 0 rings (SSSR count). The minimum atomic E-state index is 0.822. The van der Waals surface area contributed by atoms with Gasteiger partial charge in [0.25, 0.3) is 0 Å². The molecule has 96 valence electrons. The summed E-state index contributed by atoms with van der Waals surface area (Å²) in [5.74, 6) is 0. The van der Waals surface area contributed by atoms with E-state index in [0.29, 0.717) is 0 Å². The molecule has 0 aromatic rings. The number of rotatable bonds is 12. The van der Waals surface area contributed by atoms with Crippen LogP contribution in [0.1, 0.15) is 77.6 Å². The second-order valence-corrected chi connectivity index (χ2v) is 4.67. The van der Waals surface area contributed by atoms with Crippen LogP contribution < -0.4 is 5.73 Å². The fourth-order valence-electron chi connectivity index (χ4n) is 1.87. The summed E-state index contributed by atoms with van der Waals surface area (Å²) in [4.78, 5) is 0. The van der Waals surface area contributed by atoms with Gasteiger partial charge in [-0.25, -0.2) is 0 Å². The summed E-state index contributed by atoms with van der Waals surface area (Å²) in [5, 5.41) is 0. The number of unbranched alkanes of at least 4 members (excludes halogenated alkanes) is 9. The summed E-state index contributed by atoms with van der Waals surface area (Å²) >= 11 is 0. The van der Waals surface area contributed by atoms with Gasteiger partial charge in [0, 0.05) is 0 Å². The number of nitrogens with two attached hydrogens (primary N) is 1. The Kier molecular flexibility index (Phi) is 14.4. The SMILES string of the molecule is CCCCCCCCCCC=CCCCN. The van der Waals surface area contributed by atoms with Crippen molar-refractivity contribution < 1.29 is 0 Å². The van der Waals surface area contributed by atoms with Crippen molar-refractivity contribution in [3.05, 3.63) is 12.2 Å². The van der Waals surface area contributed by atoms with Crippen molar-refractivity contribution in [2.45, 2.75) is 77.6 Å². The first-order chi connectivity index (χ1) is 7.91. The van der Waals surface area contributed by atoms with Crippen LogP contribution in [0.2, 0.25) is 0 Å². The fraction of sp³-hybridized carbons (Fsp3) is 0.867. The first-order valence-corrected chi connectivity index (χ1v) is 7.27. The standard InChI is InChI=1S/C15H31N/c1-2-3-4-5-6-7-8-9-10-11-12-13-14-15-16/h11-12H,2-10,13-16H2,1H3. The number of hydrogen-bond acceptors (Lipinski definition) is 1. The highest BCUT2D eigenvalue weighted by Crippen LogP contribution is 2.09. The second kappa shape index (κ2) is 14.7. The van der Waals surface area contributed by atoms with Gasteiger partial charge >= 0.3 is 0 Å². The molecule has 0 unspecified atom stereocenters. The van der Waals surface area contributed by atoms with Gasteiger partial charge < -0.3 is 5.73 Å². The van der Waals surface area contributed by atoms with Crippen molar-refractivity contribution in [2.75, 3.05) is 6.54 Å². The van der Waals surface area contributed by atoms with Crippen LogP contribution in [0.15, 0.2) is 12.2 Å². The molecule has 0 spiro atoms. The summed E-state index contributed by atoms with van der Waals surface area (Å²) in [6.45, 7) is 3.10. The maximum atomic E-state index is 5.43. The van der Waals surface area contributed by atoms with E-state index in [1.165, 1.54) is 57.8 Å². The zero-order valence-electron chi connectivity index (χ0n) is 11.2. The van der Waals surface area contributed by atoms with E-state index < -0.39 is 0 Å². The largest absolute Gasteiger partial charge is 0.330 e. The summed E-state index contributed by atoms with van der Waals surface area (Å²) in [6.07, 6.45) is 19.5. The molecule has 0 amide bonds. The van der Waals surface area contributed by atoms with Gasteiger partial charge in [-0.3, -0.25) is 0 Å². The Labute approximate surface area is 102 Å². The van der Waals surface area contributed by atoms with Crippen molar-refractivity contribution in [3.63, 3.8) is 0 Å². The maximum absolute atomic E-state index is 5.43. The predicted molar refractivity (Wildman–Crippen MR) is 74.7 cm³/mol. The van der Waals surface area contributed by atoms with Crippen molar-refractivity contribution in [1.82, 2.24) is 0 Å². The Morgan fingerprint density at radius 1 is 0.688 bits per heavy atom. The zero-order chi connectivity index (χ0) is 11.9. The molecule has 0 atom stereocenters. The zero-order valence-corrected chi connectivity index (χ0v) is 11.2. The average molecular weight is 225 g/mol. The molecule has 0 aliphatic carbocycles. The monoisotopic (exact) mass is 225 g/mol. The Balaban J connectivity index is 2.95. The summed E-state index contributed by atoms with van der Waals surface area (Å²) < 4.78 is 0. The van der Waals surface area contributed by atoms with E-state index in [9.17, 15) is 0 Å². The molecule has 0 aromatic heterocycles. The maximum Gasteiger partial charge on any atom is -0.00743 e. The van der Waals surface area contributed by atoms with E-state index in [0.717, 1.165) is 19.4 Å². The van der Waals surface area contributed by atoms with E-state index in [1.54, 1.807) is 0 Å². The Morgan fingerprint density at radius 3 is 1.75 bits per heavy atom. The van der Waals surface area contributed by atoms with Crippen LogP contribution in [0.5, 0.6) is 0 Å². The van der Waals surface area contributed by atoms with Crippen LogP contribution in [0, 0.1) is 0 Å². The van der Waals surface area contributed by atoms with E-state index >= 15 is 0 Å². The third kappa shape index (κ3) is 13.7. The summed E-state index contributed by atoms with van der Waals surface area (Å²) in [7, 11) is 0. The summed E-state index contributed by atoms with van der Waals surface area (Å²) in [5.41, 5.74) is 5.43. The lowest BCUT2D eigenvalue weighted by atomic mass is 10.1. The Hall–Kier alpha value is -0.300. The van der Waals surface area contributed by atoms with Gasteiger partial charge in [0.05, 0.1) is 0 Å². The van der Waals surface area contributed by atoms with Gasteiger partial charge in [-0.2, -0.15) is 0 Å². The highest BCUT2D eigenvalue weighted by molar-refractivity contribution is 4.81. The third-order valence-electron chi connectivity index (χ3n) is 2.97. The van der Waals surface area contributed by atoms with Crippen molar-refractivity contribution >= 4 is 0 Å². The minimum absolute atomic E-state index is 0.822. The van der Waals surface area contributed by atoms with Crippen LogP contribution in [-0.4, -0.2) is 6.54 Å². The predicted octanol–water partition coefficient (Wildman–Crippen LogP) is 4.81. The van der Waals surface area contributed by atoms with Gasteiger partial charge in [0.2, 0.25) is 0 Å². The van der Waals surface area contributed by atoms with E-state index in [4.69, 9.17) is 5.73 Å². The molecule has 0 fully saturated rings. The lowest BCUT2D eigenvalue weighted by molar-refractivity contribution is 0.577. The third-order valence-corrected chi connectivity index (χ3v) is 2.97. The second-order valence-electron chi connectivity index (χ2n) is 4.67. The molecule has 0 bridgehead atoms. The van der Waals surface area contributed by atoms with Gasteiger partial charge in [0.1, 0.15) is 0 Å². The smallest absolute Gasteiger partial charge is 0.00743 e. The molecule has 0 saturated carbocycles. The Morgan fingerprint density at radius 2 is 1.19 bits per heavy atom. The van der Waals surface area contributed by atoms with Gasteiger partial charge in [0.15, 0.2) is 0 Å². The number of hydrogen-bond donors (Lipinski definition) is 1. The molecule has 0 saturated heterocycles. The van der Waals surface area contributed by atoms with E-state index in [1.807, 2.05) is 0 Å². The van der Waals surface area contributed by atoms with Crippen LogP contribution in [0.3, 0.4) is 0 Å². The molecule has 1 heteroatoms. The quantitative estimate of drug-likeness (QED) is 0.374. The normalized spacial score (nSPS) is 11.4. The summed E-state index contributed by atoms with van der Waals surface area (Å²) in [6, 6.07) is 0. The van der Waals surface area contributed by atoms with Crippen molar-refractivity contribution in [3.8, 4) is 0 Å². The average Bonchev–Trinajstić information content (AvgIpc) is 2.31. The highest BCUT2D eigenvalue weighted by Gasteiger charge is 1.90. The Bertz CT molecular complexity index is 140. The van der Waals surface area contributed by atoms with Crippen molar-refractivity contribution in [2.24, 2.45) is 5.73 Å². The van der Waals surface area contributed by atoms with Crippen LogP contribution >= 0.6 is 0 Å². The topological polar surface area (TPSA) is 26.0 Å². The molecule has 0 radical (unpaired) electrons. The molecular formula is C15H31N. The molecule has 0 aliphatic rings. The minimum Gasteiger partial charge on any atom is -0.330 e. The fourth-order valence-corrected chi connectivity index (χ4v) is 1.87. The van der Waals surface area contributed by atoms with E-state index in [-0.39, 0.29) is 0 Å². The first kappa shape index (κ1) is 15.7. The van der Waals surface area contributed by atoms with E-state index in [2.05, 4.69) is 19.1 Å². The van der Waals surface area contributed by atoms with Crippen molar-refractivity contribution in [1.29, 1.82) is 0 Å². The molecule has 1 nitrogen and oxygen atoms in total. The molecule has 2 N–H and O–H groups in total. The molecule has 0 aromatic carbocycles. The van der Waals surface area contributed by atoms with Crippen LogP contribution in [0.4, 0.5) is 0 Å². The number of allylic oxidation sites excluding steroid dienone is 2.